The van der Waals surface area contributed by atoms with Crippen LogP contribution in [-0.4, -0.2) is 6.61 Å². The van der Waals surface area contributed by atoms with Gasteiger partial charge in [0, 0.05) is 10.6 Å². The number of rotatable bonds is 7. The maximum absolute atomic E-state index is 9.87. The molecule has 4 heteroatoms. The average Bonchev–Trinajstić information content (AvgIpc) is 2.83. The van der Waals surface area contributed by atoms with Crippen LogP contribution in [0.25, 0.3) is 22.4 Å². The number of benzene rings is 4. The molecule has 0 aliphatic heterocycles. The Morgan fingerprint density at radius 3 is 2.47 bits per heavy atom. The van der Waals surface area contributed by atoms with E-state index in [2.05, 4.69) is 6.07 Å². The van der Waals surface area contributed by atoms with Gasteiger partial charge in [0.1, 0.15) is 6.61 Å². The fourth-order valence-electron chi connectivity index (χ4n) is 3.54. The summed E-state index contributed by atoms with van der Waals surface area (Å²) in [4.78, 5) is 0. The fourth-order valence-corrected chi connectivity index (χ4v) is 3.67. The van der Waals surface area contributed by atoms with Gasteiger partial charge in [-0.1, -0.05) is 72.3 Å². The first kappa shape index (κ1) is 21.5. The molecule has 158 valence electrons. The van der Waals surface area contributed by atoms with Gasteiger partial charge >= 0.3 is 0 Å². The molecule has 0 aliphatic rings. The van der Waals surface area contributed by atoms with E-state index < -0.39 is 0 Å². The van der Waals surface area contributed by atoms with E-state index in [1.807, 2.05) is 97.9 Å². The van der Waals surface area contributed by atoms with Crippen LogP contribution in [0.4, 0.5) is 0 Å². The largest absolute Gasteiger partial charge is 0.490 e. The van der Waals surface area contributed by atoms with Crippen molar-refractivity contribution in [2.24, 2.45) is 0 Å². The molecule has 0 heterocycles. The van der Waals surface area contributed by atoms with Crippen LogP contribution in [0, 0.1) is 11.3 Å². The zero-order chi connectivity index (χ0) is 22.3. The summed E-state index contributed by atoms with van der Waals surface area (Å²) in [6.45, 7) is 2.85. The van der Waals surface area contributed by atoms with Crippen molar-refractivity contribution in [3.8, 4) is 17.6 Å². The molecular formula is C28H22ClNO2. The maximum Gasteiger partial charge on any atom is 0.161 e. The number of hydrogen-bond acceptors (Lipinski definition) is 3. The zero-order valence-electron chi connectivity index (χ0n) is 17.7. The average molecular weight is 440 g/mol. The number of hydrogen-bond donors (Lipinski definition) is 0. The van der Waals surface area contributed by atoms with E-state index in [1.165, 1.54) is 0 Å². The van der Waals surface area contributed by atoms with Crippen LogP contribution < -0.4 is 9.47 Å². The molecule has 0 aliphatic carbocycles. The predicted octanol–water partition coefficient (Wildman–Crippen LogP) is 7.54. The van der Waals surface area contributed by atoms with E-state index >= 15 is 0 Å². The van der Waals surface area contributed by atoms with Crippen molar-refractivity contribution in [2.45, 2.75) is 13.5 Å². The third kappa shape index (κ3) is 4.94. The van der Waals surface area contributed by atoms with E-state index in [0.717, 1.165) is 27.5 Å². The van der Waals surface area contributed by atoms with Crippen molar-refractivity contribution < 1.29 is 9.47 Å². The summed E-state index contributed by atoms with van der Waals surface area (Å²) in [6.07, 6.45) is 1.88. The first-order valence-corrected chi connectivity index (χ1v) is 10.8. The standard InChI is InChI=1S/C28H22ClNO2/c1-2-31-28-17-21(12-15-27(28)32-19-20-10-13-24(29)14-11-20)16-23(18-30)26-9-5-7-22-6-3-4-8-25(22)26/h3-17H,2,19H2,1H3/b23-16-. The van der Waals surface area contributed by atoms with Crippen LogP contribution >= 0.6 is 11.6 Å². The molecule has 0 saturated heterocycles. The Balaban J connectivity index is 1.64. The van der Waals surface area contributed by atoms with Gasteiger partial charge in [0.05, 0.1) is 18.2 Å². The molecule has 0 aromatic heterocycles. The van der Waals surface area contributed by atoms with Crippen molar-refractivity contribution in [1.29, 1.82) is 5.26 Å². The molecule has 4 rings (SSSR count). The second-order valence-electron chi connectivity index (χ2n) is 7.25. The lowest BCUT2D eigenvalue weighted by molar-refractivity contribution is 0.269. The molecule has 0 fully saturated rings. The van der Waals surface area contributed by atoms with Crippen molar-refractivity contribution in [3.63, 3.8) is 0 Å². The minimum atomic E-state index is 0.409. The third-order valence-electron chi connectivity index (χ3n) is 5.09. The highest BCUT2D eigenvalue weighted by Crippen LogP contribution is 2.32. The number of fused-ring (bicyclic) bond motifs is 1. The number of nitrogens with zero attached hydrogens (tertiary/aromatic N) is 1. The Labute approximate surface area is 193 Å². The summed E-state index contributed by atoms with van der Waals surface area (Å²) in [5.41, 5.74) is 3.39. The van der Waals surface area contributed by atoms with Gasteiger partial charge in [0.2, 0.25) is 0 Å². The Morgan fingerprint density at radius 1 is 0.906 bits per heavy atom. The van der Waals surface area contributed by atoms with E-state index in [4.69, 9.17) is 21.1 Å². The molecule has 0 atom stereocenters. The van der Waals surface area contributed by atoms with Gasteiger partial charge in [-0.25, -0.2) is 0 Å². The molecule has 4 aromatic rings. The summed E-state index contributed by atoms with van der Waals surface area (Å²) in [7, 11) is 0. The highest BCUT2D eigenvalue weighted by atomic mass is 35.5. The topological polar surface area (TPSA) is 42.2 Å². The quantitative estimate of drug-likeness (QED) is 0.220. The summed E-state index contributed by atoms with van der Waals surface area (Å²) in [5, 5.41) is 12.7. The molecule has 0 bridgehead atoms. The van der Waals surface area contributed by atoms with Crippen molar-refractivity contribution in [2.75, 3.05) is 6.61 Å². The summed E-state index contributed by atoms with van der Waals surface area (Å²) < 4.78 is 11.8. The fraction of sp³-hybridized carbons (Fsp3) is 0.107. The molecule has 0 unspecified atom stereocenters. The Hall–Kier alpha value is -3.74. The van der Waals surface area contributed by atoms with Gasteiger partial charge < -0.3 is 9.47 Å². The van der Waals surface area contributed by atoms with Crippen molar-refractivity contribution in [3.05, 3.63) is 107 Å². The van der Waals surface area contributed by atoms with Gasteiger partial charge in [-0.3, -0.25) is 0 Å². The van der Waals surface area contributed by atoms with Gasteiger partial charge in [-0.05, 0) is 59.2 Å². The minimum Gasteiger partial charge on any atom is -0.490 e. The normalized spacial score (nSPS) is 11.2. The maximum atomic E-state index is 9.87. The summed E-state index contributed by atoms with van der Waals surface area (Å²) in [5.74, 6) is 1.30. The molecule has 0 N–H and O–H groups in total. The van der Waals surface area contributed by atoms with Crippen LogP contribution in [0.15, 0.2) is 84.9 Å². The van der Waals surface area contributed by atoms with Crippen LogP contribution in [0.2, 0.25) is 5.02 Å². The van der Waals surface area contributed by atoms with Crippen LogP contribution in [0.5, 0.6) is 11.5 Å². The molecule has 0 spiro atoms. The van der Waals surface area contributed by atoms with Crippen molar-refractivity contribution >= 4 is 34.0 Å². The highest BCUT2D eigenvalue weighted by molar-refractivity contribution is 6.30. The molecule has 4 aromatic carbocycles. The molecule has 0 saturated carbocycles. The monoisotopic (exact) mass is 439 g/mol. The lowest BCUT2D eigenvalue weighted by atomic mass is 9.97. The first-order chi connectivity index (χ1) is 15.7. The van der Waals surface area contributed by atoms with Gasteiger partial charge in [-0.15, -0.1) is 0 Å². The van der Waals surface area contributed by atoms with Gasteiger partial charge in [0.25, 0.3) is 0 Å². The van der Waals surface area contributed by atoms with E-state index in [9.17, 15) is 5.26 Å². The SMILES string of the molecule is CCOc1cc(/C=C(/C#N)c2cccc3ccccc23)ccc1OCc1ccc(Cl)cc1. The molecular weight excluding hydrogens is 418 g/mol. The third-order valence-corrected chi connectivity index (χ3v) is 5.34. The highest BCUT2D eigenvalue weighted by Gasteiger charge is 2.10. The number of allylic oxidation sites excluding steroid dienone is 1. The second-order valence-corrected chi connectivity index (χ2v) is 7.69. The summed E-state index contributed by atoms with van der Waals surface area (Å²) in [6, 6.07) is 29.7. The Bertz CT molecular complexity index is 1300. The van der Waals surface area contributed by atoms with Crippen LogP contribution in [0.1, 0.15) is 23.6 Å². The second kappa shape index (κ2) is 10.0. The first-order valence-electron chi connectivity index (χ1n) is 10.4. The lowest BCUT2D eigenvalue weighted by Gasteiger charge is -2.13. The van der Waals surface area contributed by atoms with E-state index in [-0.39, 0.29) is 0 Å². The van der Waals surface area contributed by atoms with Gasteiger partial charge in [-0.2, -0.15) is 5.26 Å². The zero-order valence-corrected chi connectivity index (χ0v) is 18.5. The van der Waals surface area contributed by atoms with E-state index in [0.29, 0.717) is 35.3 Å². The molecule has 32 heavy (non-hydrogen) atoms. The Kier molecular flexibility index (Phi) is 6.75. The number of halogens is 1. The van der Waals surface area contributed by atoms with Crippen LogP contribution in [0.3, 0.4) is 0 Å². The predicted molar refractivity (Wildman–Crippen MR) is 131 cm³/mol. The van der Waals surface area contributed by atoms with Crippen LogP contribution in [-0.2, 0) is 6.61 Å². The lowest BCUT2D eigenvalue weighted by Crippen LogP contribution is -2.00. The summed E-state index contributed by atoms with van der Waals surface area (Å²) >= 11 is 5.95. The molecule has 0 radical (unpaired) electrons. The van der Waals surface area contributed by atoms with Gasteiger partial charge in [0.15, 0.2) is 11.5 Å². The number of ether oxygens (including phenoxy) is 2. The van der Waals surface area contributed by atoms with E-state index in [1.54, 1.807) is 0 Å². The number of nitriles is 1. The van der Waals surface area contributed by atoms with Crippen molar-refractivity contribution in [1.82, 2.24) is 0 Å². The minimum absolute atomic E-state index is 0.409. The molecule has 0 amide bonds. The Morgan fingerprint density at radius 2 is 1.69 bits per heavy atom. The molecule has 3 nitrogen and oxygen atoms in total. The smallest absolute Gasteiger partial charge is 0.161 e.